The summed E-state index contributed by atoms with van der Waals surface area (Å²) in [6.07, 6.45) is -0.764. The van der Waals surface area contributed by atoms with Crippen LogP contribution in [0.4, 0.5) is 0 Å². The number of carbonyl (C=O) groups is 1. The van der Waals surface area contributed by atoms with E-state index >= 15 is 0 Å². The Labute approximate surface area is 142 Å². The van der Waals surface area contributed by atoms with Crippen LogP contribution in [0.2, 0.25) is 5.02 Å². The zero-order valence-corrected chi connectivity index (χ0v) is 14.3. The Morgan fingerprint density at radius 3 is 2.36 bits per heavy atom. The molecule has 0 radical (unpaired) electrons. The Bertz CT molecular complexity index is 658. The first-order chi connectivity index (χ1) is 10.5. The minimum absolute atomic E-state index is 0.427. The number of rotatable bonds is 5. The second kappa shape index (κ2) is 7.51. The van der Waals surface area contributed by atoms with Crippen LogP contribution in [0.3, 0.4) is 0 Å². The highest BCUT2D eigenvalue weighted by Gasteiger charge is 2.18. The lowest BCUT2D eigenvalue weighted by molar-refractivity contribution is -0.141. The molecule has 0 spiro atoms. The zero-order chi connectivity index (χ0) is 16.1. The average Bonchev–Trinajstić information content (AvgIpc) is 2.50. The standard InChI is InChI=1S/C16H14BrClO4/c1-10(21-15-8-3-11(18)9-14(15)17)16(19)22-13-6-4-12(20-2)5-7-13/h3-10H,1-2H3/t10-/m1/s1. The van der Waals surface area contributed by atoms with Gasteiger partial charge in [0, 0.05) is 5.02 Å². The largest absolute Gasteiger partial charge is 0.497 e. The molecule has 0 aliphatic carbocycles. The number of halogens is 2. The Morgan fingerprint density at radius 2 is 1.77 bits per heavy atom. The third kappa shape index (κ3) is 4.39. The summed E-state index contributed by atoms with van der Waals surface area (Å²) in [4.78, 5) is 12.0. The molecule has 0 amide bonds. The highest BCUT2D eigenvalue weighted by Crippen LogP contribution is 2.29. The highest BCUT2D eigenvalue weighted by molar-refractivity contribution is 9.10. The molecule has 0 heterocycles. The van der Waals surface area contributed by atoms with Crippen molar-refractivity contribution >= 4 is 33.5 Å². The third-order valence-corrected chi connectivity index (χ3v) is 3.66. The van der Waals surface area contributed by atoms with Gasteiger partial charge >= 0.3 is 5.97 Å². The van der Waals surface area contributed by atoms with E-state index in [0.29, 0.717) is 26.7 Å². The van der Waals surface area contributed by atoms with E-state index in [4.69, 9.17) is 25.8 Å². The van der Waals surface area contributed by atoms with Gasteiger partial charge in [-0.05, 0) is 65.3 Å². The van der Waals surface area contributed by atoms with Crippen molar-refractivity contribution in [1.82, 2.24) is 0 Å². The molecular formula is C16H14BrClO4. The third-order valence-electron chi connectivity index (χ3n) is 2.81. The molecule has 116 valence electrons. The molecule has 0 unspecified atom stereocenters. The van der Waals surface area contributed by atoms with Gasteiger partial charge in [0.05, 0.1) is 11.6 Å². The monoisotopic (exact) mass is 384 g/mol. The normalized spacial score (nSPS) is 11.6. The van der Waals surface area contributed by atoms with Gasteiger partial charge < -0.3 is 14.2 Å². The van der Waals surface area contributed by atoms with Gasteiger partial charge in [-0.1, -0.05) is 11.6 Å². The van der Waals surface area contributed by atoms with Crippen molar-refractivity contribution in [3.63, 3.8) is 0 Å². The van der Waals surface area contributed by atoms with Crippen LogP contribution in [0.1, 0.15) is 6.92 Å². The second-order valence-corrected chi connectivity index (χ2v) is 5.72. The maximum Gasteiger partial charge on any atom is 0.352 e. The van der Waals surface area contributed by atoms with Gasteiger partial charge in [-0.15, -0.1) is 0 Å². The quantitative estimate of drug-likeness (QED) is 0.562. The number of carbonyl (C=O) groups excluding carboxylic acids is 1. The van der Waals surface area contributed by atoms with E-state index in [9.17, 15) is 4.79 Å². The molecule has 0 saturated carbocycles. The minimum atomic E-state index is -0.764. The first-order valence-corrected chi connectivity index (χ1v) is 7.64. The van der Waals surface area contributed by atoms with Crippen LogP contribution in [-0.2, 0) is 4.79 Å². The molecule has 0 bridgehead atoms. The Kier molecular flexibility index (Phi) is 5.69. The van der Waals surface area contributed by atoms with E-state index in [1.54, 1.807) is 56.5 Å². The lowest BCUT2D eigenvalue weighted by Crippen LogP contribution is -2.28. The van der Waals surface area contributed by atoms with Crippen molar-refractivity contribution in [2.75, 3.05) is 7.11 Å². The fraction of sp³-hybridized carbons (Fsp3) is 0.188. The Balaban J connectivity index is 1.99. The lowest BCUT2D eigenvalue weighted by Gasteiger charge is -2.15. The predicted octanol–water partition coefficient (Wildman–Crippen LogP) is 4.48. The van der Waals surface area contributed by atoms with Crippen LogP contribution in [0.5, 0.6) is 17.2 Å². The molecule has 2 aromatic rings. The van der Waals surface area contributed by atoms with Crippen LogP contribution in [-0.4, -0.2) is 19.2 Å². The zero-order valence-electron chi connectivity index (χ0n) is 12.0. The lowest BCUT2D eigenvalue weighted by atomic mass is 10.3. The molecule has 0 aliphatic rings. The molecule has 0 aliphatic heterocycles. The molecule has 1 atom stereocenters. The van der Waals surface area contributed by atoms with Gasteiger partial charge in [-0.3, -0.25) is 0 Å². The van der Waals surface area contributed by atoms with Crippen molar-refractivity contribution < 1.29 is 19.0 Å². The Hall–Kier alpha value is -1.72. The SMILES string of the molecule is COc1ccc(OC(=O)[C@@H](C)Oc2ccc(Cl)cc2Br)cc1. The second-order valence-electron chi connectivity index (χ2n) is 4.43. The van der Waals surface area contributed by atoms with Gasteiger partial charge in [0.1, 0.15) is 17.2 Å². The smallest absolute Gasteiger partial charge is 0.352 e. The number of esters is 1. The summed E-state index contributed by atoms with van der Waals surface area (Å²) < 4.78 is 16.5. The molecule has 2 rings (SSSR count). The van der Waals surface area contributed by atoms with Crippen molar-refractivity contribution in [1.29, 1.82) is 0 Å². The minimum Gasteiger partial charge on any atom is -0.497 e. The maximum atomic E-state index is 12.0. The van der Waals surface area contributed by atoms with E-state index in [0.717, 1.165) is 0 Å². The Morgan fingerprint density at radius 1 is 1.14 bits per heavy atom. The summed E-state index contributed by atoms with van der Waals surface area (Å²) in [5, 5.41) is 0.577. The van der Waals surface area contributed by atoms with Crippen LogP contribution < -0.4 is 14.2 Å². The first-order valence-electron chi connectivity index (χ1n) is 6.47. The molecule has 6 heteroatoms. The molecule has 0 saturated heterocycles. The van der Waals surface area contributed by atoms with E-state index in [1.165, 1.54) is 0 Å². The highest BCUT2D eigenvalue weighted by atomic mass is 79.9. The van der Waals surface area contributed by atoms with Crippen molar-refractivity contribution in [3.05, 3.63) is 52.0 Å². The first kappa shape index (κ1) is 16.6. The number of hydrogen-bond donors (Lipinski definition) is 0. The van der Waals surface area contributed by atoms with Gasteiger partial charge in [-0.2, -0.15) is 0 Å². The summed E-state index contributed by atoms with van der Waals surface area (Å²) in [5.74, 6) is 1.14. The predicted molar refractivity (Wildman–Crippen MR) is 87.9 cm³/mol. The van der Waals surface area contributed by atoms with E-state index in [1.807, 2.05) is 0 Å². The van der Waals surface area contributed by atoms with Crippen LogP contribution in [0, 0.1) is 0 Å². The van der Waals surface area contributed by atoms with Gasteiger partial charge in [0.25, 0.3) is 0 Å². The maximum absolute atomic E-state index is 12.0. The molecule has 4 nitrogen and oxygen atoms in total. The average molecular weight is 386 g/mol. The van der Waals surface area contributed by atoms with Gasteiger partial charge in [0.15, 0.2) is 6.10 Å². The molecular weight excluding hydrogens is 372 g/mol. The summed E-state index contributed by atoms with van der Waals surface area (Å²) >= 11 is 9.19. The van der Waals surface area contributed by atoms with Crippen LogP contribution >= 0.6 is 27.5 Å². The molecule has 0 aromatic heterocycles. The number of ether oxygens (including phenoxy) is 3. The number of benzene rings is 2. The topological polar surface area (TPSA) is 44.8 Å². The van der Waals surface area contributed by atoms with Gasteiger partial charge in [-0.25, -0.2) is 4.79 Å². The molecule has 22 heavy (non-hydrogen) atoms. The number of methoxy groups -OCH3 is 1. The summed E-state index contributed by atoms with van der Waals surface area (Å²) in [7, 11) is 1.57. The number of hydrogen-bond acceptors (Lipinski definition) is 4. The van der Waals surface area contributed by atoms with E-state index in [2.05, 4.69) is 15.9 Å². The summed E-state index contributed by atoms with van der Waals surface area (Å²) in [5.41, 5.74) is 0. The van der Waals surface area contributed by atoms with E-state index in [-0.39, 0.29) is 0 Å². The summed E-state index contributed by atoms with van der Waals surface area (Å²) in [6, 6.07) is 11.8. The fourth-order valence-corrected chi connectivity index (χ4v) is 2.43. The fourth-order valence-electron chi connectivity index (χ4n) is 1.65. The summed E-state index contributed by atoms with van der Waals surface area (Å²) in [6.45, 7) is 1.62. The van der Waals surface area contributed by atoms with Crippen molar-refractivity contribution in [2.45, 2.75) is 13.0 Å². The van der Waals surface area contributed by atoms with Gasteiger partial charge in [0.2, 0.25) is 0 Å². The molecule has 2 aromatic carbocycles. The van der Waals surface area contributed by atoms with Crippen LogP contribution in [0.25, 0.3) is 0 Å². The van der Waals surface area contributed by atoms with Crippen LogP contribution in [0.15, 0.2) is 46.9 Å². The molecule has 0 N–H and O–H groups in total. The van der Waals surface area contributed by atoms with Crippen molar-refractivity contribution in [3.8, 4) is 17.2 Å². The van der Waals surface area contributed by atoms with E-state index < -0.39 is 12.1 Å². The van der Waals surface area contributed by atoms with Crippen molar-refractivity contribution in [2.24, 2.45) is 0 Å². The molecule has 0 fully saturated rings.